The van der Waals surface area contributed by atoms with Crippen molar-refractivity contribution in [2.75, 3.05) is 0 Å². The van der Waals surface area contributed by atoms with E-state index in [1.54, 1.807) is 6.07 Å². The SMILES string of the molecule is CCc1ccc(Cn2c(C)cc3c(O)cccc32)cc1. The minimum absolute atomic E-state index is 0.352. The molecule has 2 nitrogen and oxygen atoms in total. The van der Waals surface area contributed by atoms with Gasteiger partial charge in [-0.3, -0.25) is 0 Å². The van der Waals surface area contributed by atoms with E-state index in [0.717, 1.165) is 23.9 Å². The molecule has 0 spiro atoms. The third kappa shape index (κ3) is 2.18. The van der Waals surface area contributed by atoms with Crippen LogP contribution in [0, 0.1) is 6.92 Å². The van der Waals surface area contributed by atoms with Crippen LogP contribution in [0.1, 0.15) is 23.7 Å². The predicted octanol–water partition coefficient (Wildman–Crippen LogP) is 4.27. The molecule has 0 atom stereocenters. The van der Waals surface area contributed by atoms with Gasteiger partial charge in [0.15, 0.2) is 0 Å². The van der Waals surface area contributed by atoms with Crippen molar-refractivity contribution in [3.05, 3.63) is 65.4 Å². The third-order valence-corrected chi connectivity index (χ3v) is 3.90. The second-order valence-electron chi connectivity index (χ2n) is 5.25. The summed E-state index contributed by atoms with van der Waals surface area (Å²) in [5.74, 6) is 0.352. The molecule has 0 radical (unpaired) electrons. The summed E-state index contributed by atoms with van der Waals surface area (Å²) in [4.78, 5) is 0. The van der Waals surface area contributed by atoms with Crippen LogP contribution in [0.2, 0.25) is 0 Å². The zero-order valence-corrected chi connectivity index (χ0v) is 11.9. The molecular weight excluding hydrogens is 246 g/mol. The smallest absolute Gasteiger partial charge is 0.124 e. The maximum Gasteiger partial charge on any atom is 0.124 e. The fourth-order valence-corrected chi connectivity index (χ4v) is 2.67. The Balaban J connectivity index is 2.01. The van der Waals surface area contributed by atoms with E-state index < -0.39 is 0 Å². The Bertz CT molecular complexity index is 738. The van der Waals surface area contributed by atoms with Crippen molar-refractivity contribution in [2.24, 2.45) is 0 Å². The van der Waals surface area contributed by atoms with E-state index in [0.29, 0.717) is 5.75 Å². The predicted molar refractivity (Wildman–Crippen MR) is 83.3 cm³/mol. The van der Waals surface area contributed by atoms with Crippen molar-refractivity contribution in [1.82, 2.24) is 4.57 Å². The fourth-order valence-electron chi connectivity index (χ4n) is 2.67. The van der Waals surface area contributed by atoms with E-state index in [1.165, 1.54) is 16.8 Å². The Hall–Kier alpha value is -2.22. The van der Waals surface area contributed by atoms with Crippen LogP contribution in [0.3, 0.4) is 0 Å². The van der Waals surface area contributed by atoms with Crippen LogP contribution >= 0.6 is 0 Å². The van der Waals surface area contributed by atoms with Crippen molar-refractivity contribution in [3.8, 4) is 5.75 Å². The van der Waals surface area contributed by atoms with Crippen LogP contribution in [0.15, 0.2) is 48.5 Å². The molecule has 0 saturated heterocycles. The summed E-state index contributed by atoms with van der Waals surface area (Å²) in [5, 5.41) is 10.9. The Kier molecular flexibility index (Phi) is 3.23. The van der Waals surface area contributed by atoms with Gasteiger partial charge in [-0.1, -0.05) is 37.3 Å². The Morgan fingerprint density at radius 2 is 1.70 bits per heavy atom. The average Bonchev–Trinajstić information content (AvgIpc) is 2.78. The highest BCUT2D eigenvalue weighted by atomic mass is 16.3. The molecule has 2 heteroatoms. The van der Waals surface area contributed by atoms with Crippen LogP contribution < -0.4 is 0 Å². The molecule has 102 valence electrons. The maximum atomic E-state index is 9.93. The number of benzene rings is 2. The highest BCUT2D eigenvalue weighted by molar-refractivity contribution is 5.87. The number of aromatic hydroxyl groups is 1. The molecule has 0 unspecified atom stereocenters. The van der Waals surface area contributed by atoms with Gasteiger partial charge in [0.25, 0.3) is 0 Å². The summed E-state index contributed by atoms with van der Waals surface area (Å²) in [7, 11) is 0. The van der Waals surface area contributed by atoms with Gasteiger partial charge >= 0.3 is 0 Å². The van der Waals surface area contributed by atoms with Gasteiger partial charge in [0, 0.05) is 17.6 Å². The quantitative estimate of drug-likeness (QED) is 0.751. The lowest BCUT2D eigenvalue weighted by Crippen LogP contribution is -2.01. The average molecular weight is 265 g/mol. The number of nitrogens with zero attached hydrogens (tertiary/aromatic N) is 1. The van der Waals surface area contributed by atoms with E-state index in [1.807, 2.05) is 12.1 Å². The highest BCUT2D eigenvalue weighted by Crippen LogP contribution is 2.28. The summed E-state index contributed by atoms with van der Waals surface area (Å²) in [6.07, 6.45) is 1.07. The van der Waals surface area contributed by atoms with Crippen LogP contribution in [0.5, 0.6) is 5.75 Å². The topological polar surface area (TPSA) is 25.2 Å². The molecule has 0 bridgehead atoms. The zero-order valence-electron chi connectivity index (χ0n) is 11.9. The van der Waals surface area contributed by atoms with E-state index in [4.69, 9.17) is 0 Å². The van der Waals surface area contributed by atoms with Crippen molar-refractivity contribution < 1.29 is 5.11 Å². The molecule has 20 heavy (non-hydrogen) atoms. The molecule has 1 N–H and O–H groups in total. The van der Waals surface area contributed by atoms with Crippen molar-refractivity contribution >= 4 is 10.9 Å². The van der Waals surface area contributed by atoms with E-state index in [9.17, 15) is 5.11 Å². The number of aromatic nitrogens is 1. The van der Waals surface area contributed by atoms with Gasteiger partial charge in [-0.15, -0.1) is 0 Å². The minimum Gasteiger partial charge on any atom is -0.507 e. The van der Waals surface area contributed by atoms with Crippen molar-refractivity contribution in [2.45, 2.75) is 26.8 Å². The Labute approximate surface area is 119 Å². The van der Waals surface area contributed by atoms with Gasteiger partial charge in [-0.2, -0.15) is 0 Å². The molecule has 0 aliphatic rings. The molecule has 1 heterocycles. The lowest BCUT2D eigenvalue weighted by molar-refractivity contribution is 0.481. The largest absolute Gasteiger partial charge is 0.507 e. The number of hydrogen-bond donors (Lipinski definition) is 1. The molecular formula is C18H19NO. The first-order valence-corrected chi connectivity index (χ1v) is 7.04. The number of phenolic OH excluding ortho intramolecular Hbond substituents is 1. The monoisotopic (exact) mass is 265 g/mol. The second-order valence-corrected chi connectivity index (χ2v) is 5.25. The molecule has 0 amide bonds. The van der Waals surface area contributed by atoms with Crippen LogP contribution in [0.25, 0.3) is 10.9 Å². The van der Waals surface area contributed by atoms with E-state index in [2.05, 4.69) is 48.7 Å². The van der Waals surface area contributed by atoms with E-state index >= 15 is 0 Å². The maximum absolute atomic E-state index is 9.93. The molecule has 0 aliphatic carbocycles. The summed E-state index contributed by atoms with van der Waals surface area (Å²) in [6.45, 7) is 5.09. The van der Waals surface area contributed by atoms with Crippen LogP contribution in [-0.2, 0) is 13.0 Å². The summed E-state index contributed by atoms with van der Waals surface area (Å²) in [6, 6.07) is 16.5. The lowest BCUT2D eigenvalue weighted by Gasteiger charge is -2.09. The summed E-state index contributed by atoms with van der Waals surface area (Å²) < 4.78 is 2.25. The van der Waals surface area contributed by atoms with Crippen LogP contribution in [-0.4, -0.2) is 9.67 Å². The second kappa shape index (κ2) is 5.04. The number of hydrogen-bond acceptors (Lipinski definition) is 1. The van der Waals surface area contributed by atoms with Gasteiger partial charge in [-0.05, 0) is 42.7 Å². The van der Waals surface area contributed by atoms with Gasteiger partial charge < -0.3 is 9.67 Å². The Morgan fingerprint density at radius 1 is 1.00 bits per heavy atom. The van der Waals surface area contributed by atoms with E-state index in [-0.39, 0.29) is 0 Å². The molecule has 2 aromatic carbocycles. The van der Waals surface area contributed by atoms with Gasteiger partial charge in [0.05, 0.1) is 5.52 Å². The number of rotatable bonds is 3. The van der Waals surface area contributed by atoms with Crippen molar-refractivity contribution in [3.63, 3.8) is 0 Å². The summed E-state index contributed by atoms with van der Waals surface area (Å²) >= 11 is 0. The highest BCUT2D eigenvalue weighted by Gasteiger charge is 2.08. The summed E-state index contributed by atoms with van der Waals surface area (Å²) in [5.41, 5.74) is 4.90. The molecule has 3 aromatic rings. The van der Waals surface area contributed by atoms with Gasteiger partial charge in [0.2, 0.25) is 0 Å². The van der Waals surface area contributed by atoms with Crippen molar-refractivity contribution in [1.29, 1.82) is 0 Å². The normalized spacial score (nSPS) is 11.1. The molecule has 0 saturated carbocycles. The molecule has 1 aromatic heterocycles. The third-order valence-electron chi connectivity index (χ3n) is 3.90. The van der Waals surface area contributed by atoms with Crippen LogP contribution in [0.4, 0.5) is 0 Å². The molecule has 3 rings (SSSR count). The lowest BCUT2D eigenvalue weighted by atomic mass is 10.1. The standard InChI is InChI=1S/C18H19NO/c1-3-14-7-9-15(10-8-14)12-19-13(2)11-16-17(19)5-4-6-18(16)20/h4-11,20H,3,12H2,1-2H3. The fraction of sp³-hybridized carbons (Fsp3) is 0.222. The number of fused-ring (bicyclic) bond motifs is 1. The first-order valence-electron chi connectivity index (χ1n) is 7.04. The minimum atomic E-state index is 0.352. The van der Waals surface area contributed by atoms with Gasteiger partial charge in [-0.25, -0.2) is 0 Å². The zero-order chi connectivity index (χ0) is 14.1. The van der Waals surface area contributed by atoms with Gasteiger partial charge in [0.1, 0.15) is 5.75 Å². The molecule has 0 fully saturated rings. The first kappa shape index (κ1) is 12.8. The molecule has 0 aliphatic heterocycles. The number of aryl methyl sites for hydroxylation is 2. The number of phenols is 1. The Morgan fingerprint density at radius 3 is 2.40 bits per heavy atom. The first-order chi connectivity index (χ1) is 9.69.